The molecule has 4 rings (SSSR count). The number of amides is 1. The minimum absolute atomic E-state index is 0.0765. The van der Waals surface area contributed by atoms with Crippen LogP contribution in [0.25, 0.3) is 0 Å². The van der Waals surface area contributed by atoms with E-state index in [0.29, 0.717) is 11.4 Å². The van der Waals surface area contributed by atoms with Gasteiger partial charge in [-0.25, -0.2) is 0 Å². The molecule has 4 nitrogen and oxygen atoms in total. The summed E-state index contributed by atoms with van der Waals surface area (Å²) in [5.74, 6) is 0.0765. The lowest BCUT2D eigenvalue weighted by Gasteiger charge is -2.42. The molecule has 2 heterocycles. The molecular weight excluding hydrogens is 322 g/mol. The van der Waals surface area contributed by atoms with Gasteiger partial charge in [-0.1, -0.05) is 41.9 Å². The van der Waals surface area contributed by atoms with Gasteiger partial charge in [0.2, 0.25) is 5.91 Å². The molecule has 0 radical (unpaired) electrons. The summed E-state index contributed by atoms with van der Waals surface area (Å²) in [7, 11) is 0. The molecule has 1 unspecified atom stereocenters. The second-order valence-corrected chi connectivity index (χ2v) is 6.92. The van der Waals surface area contributed by atoms with Crippen LogP contribution in [0.4, 0.5) is 11.4 Å². The maximum Gasteiger partial charge on any atom is 0.226 e. The summed E-state index contributed by atoms with van der Waals surface area (Å²) in [5, 5.41) is 3.72. The lowest BCUT2D eigenvalue weighted by molar-refractivity contribution is -0.116. The quantitative estimate of drug-likeness (QED) is 0.909. The first kappa shape index (κ1) is 15.5. The summed E-state index contributed by atoms with van der Waals surface area (Å²) >= 11 is 6.18. The normalized spacial score (nSPS) is 20.8. The number of piperazine rings is 1. The molecule has 2 aliphatic heterocycles. The molecule has 2 aromatic rings. The van der Waals surface area contributed by atoms with Crippen LogP contribution in [0.2, 0.25) is 5.02 Å². The summed E-state index contributed by atoms with van der Waals surface area (Å²) in [4.78, 5) is 17.0. The zero-order valence-corrected chi connectivity index (χ0v) is 14.2. The van der Waals surface area contributed by atoms with E-state index in [4.69, 9.17) is 11.6 Å². The lowest BCUT2D eigenvalue weighted by atomic mass is 10.1. The highest BCUT2D eigenvalue weighted by molar-refractivity contribution is 6.31. The molecule has 0 saturated carbocycles. The van der Waals surface area contributed by atoms with Crippen LogP contribution in [0.15, 0.2) is 48.5 Å². The van der Waals surface area contributed by atoms with E-state index in [2.05, 4.69) is 39.4 Å². The van der Waals surface area contributed by atoms with Crippen molar-refractivity contribution in [2.45, 2.75) is 19.0 Å². The number of rotatable bonds is 2. The average molecular weight is 342 g/mol. The van der Waals surface area contributed by atoms with E-state index in [0.717, 1.165) is 37.6 Å². The third-order valence-corrected chi connectivity index (χ3v) is 5.02. The molecular formula is C19H20ClN3O. The smallest absolute Gasteiger partial charge is 0.226 e. The van der Waals surface area contributed by atoms with Crippen LogP contribution < -0.4 is 10.2 Å². The van der Waals surface area contributed by atoms with Crippen LogP contribution in [0.1, 0.15) is 12.0 Å². The molecule has 0 spiro atoms. The Morgan fingerprint density at radius 3 is 2.79 bits per heavy atom. The summed E-state index contributed by atoms with van der Waals surface area (Å²) in [6, 6.07) is 16.4. The molecule has 24 heavy (non-hydrogen) atoms. The Labute approximate surface area is 147 Å². The third-order valence-electron chi connectivity index (χ3n) is 4.78. The van der Waals surface area contributed by atoms with Gasteiger partial charge in [-0.2, -0.15) is 0 Å². The van der Waals surface area contributed by atoms with E-state index in [9.17, 15) is 4.79 Å². The maximum atomic E-state index is 12.3. The van der Waals surface area contributed by atoms with Crippen LogP contribution in [-0.4, -0.2) is 36.5 Å². The fraction of sp³-hybridized carbons (Fsp3) is 0.316. The molecule has 1 atom stereocenters. The molecule has 0 bridgehead atoms. The summed E-state index contributed by atoms with van der Waals surface area (Å²) < 4.78 is 0. The Bertz CT molecular complexity index is 750. The Kier molecular flexibility index (Phi) is 4.17. The number of anilines is 2. The largest absolute Gasteiger partial charge is 0.364 e. The number of fused-ring (bicyclic) bond motifs is 3. The van der Waals surface area contributed by atoms with Crippen molar-refractivity contribution < 1.29 is 4.79 Å². The second kappa shape index (κ2) is 6.46. The van der Waals surface area contributed by atoms with Crippen LogP contribution in [-0.2, 0) is 11.3 Å². The minimum atomic E-state index is 0.0765. The molecule has 2 aliphatic rings. The number of hydrogen-bond donors (Lipinski definition) is 1. The minimum Gasteiger partial charge on any atom is -0.364 e. The standard InChI is InChI=1S/C19H20ClN3O/c20-15-6-7-17-18(10-15)23-9-8-22(12-14-4-2-1-3-5-14)13-16(23)11-19(24)21-17/h1-7,10,16H,8-9,11-13H2,(H,21,24). The Morgan fingerprint density at radius 2 is 1.96 bits per heavy atom. The fourth-order valence-corrected chi connectivity index (χ4v) is 3.83. The predicted molar refractivity (Wildman–Crippen MR) is 97.6 cm³/mol. The van der Waals surface area contributed by atoms with Gasteiger partial charge in [-0.15, -0.1) is 0 Å². The van der Waals surface area contributed by atoms with Gasteiger partial charge in [0.15, 0.2) is 0 Å². The van der Waals surface area contributed by atoms with Crippen molar-refractivity contribution in [2.24, 2.45) is 0 Å². The van der Waals surface area contributed by atoms with E-state index in [1.807, 2.05) is 24.3 Å². The molecule has 0 aromatic heterocycles. The maximum absolute atomic E-state index is 12.3. The first-order chi connectivity index (χ1) is 11.7. The lowest BCUT2D eigenvalue weighted by Crippen LogP contribution is -2.53. The van der Waals surface area contributed by atoms with E-state index in [-0.39, 0.29) is 11.9 Å². The van der Waals surface area contributed by atoms with Crippen LogP contribution in [0.5, 0.6) is 0 Å². The molecule has 5 heteroatoms. The van der Waals surface area contributed by atoms with Crippen LogP contribution >= 0.6 is 11.6 Å². The van der Waals surface area contributed by atoms with Crippen molar-refractivity contribution in [3.63, 3.8) is 0 Å². The zero-order valence-electron chi connectivity index (χ0n) is 13.4. The highest BCUT2D eigenvalue weighted by Crippen LogP contribution is 2.35. The Hall–Kier alpha value is -2.04. The number of nitrogens with one attached hydrogen (secondary N) is 1. The molecule has 1 N–H and O–H groups in total. The highest BCUT2D eigenvalue weighted by atomic mass is 35.5. The molecule has 1 fully saturated rings. The van der Waals surface area contributed by atoms with Crippen molar-refractivity contribution in [1.82, 2.24) is 4.90 Å². The SMILES string of the molecule is O=C1CC2CN(Cc3ccccc3)CCN2c2cc(Cl)ccc2N1. The fourth-order valence-electron chi connectivity index (χ4n) is 3.66. The molecule has 2 aromatic carbocycles. The van der Waals surface area contributed by atoms with E-state index >= 15 is 0 Å². The van der Waals surface area contributed by atoms with Gasteiger partial charge in [0.1, 0.15) is 0 Å². The number of benzene rings is 2. The highest BCUT2D eigenvalue weighted by Gasteiger charge is 2.33. The Balaban J connectivity index is 1.56. The van der Waals surface area contributed by atoms with Gasteiger partial charge in [-0.05, 0) is 23.8 Å². The van der Waals surface area contributed by atoms with E-state index in [1.165, 1.54) is 5.56 Å². The van der Waals surface area contributed by atoms with Gasteiger partial charge in [0.05, 0.1) is 17.4 Å². The van der Waals surface area contributed by atoms with Crippen molar-refractivity contribution in [2.75, 3.05) is 29.9 Å². The van der Waals surface area contributed by atoms with E-state index in [1.54, 1.807) is 0 Å². The summed E-state index contributed by atoms with van der Waals surface area (Å²) in [6.07, 6.45) is 0.511. The van der Waals surface area contributed by atoms with Crippen molar-refractivity contribution >= 4 is 28.9 Å². The Morgan fingerprint density at radius 1 is 1.12 bits per heavy atom. The van der Waals surface area contributed by atoms with Gasteiger partial charge in [0, 0.05) is 37.6 Å². The number of nitrogens with zero attached hydrogens (tertiary/aromatic N) is 2. The topological polar surface area (TPSA) is 35.6 Å². The monoisotopic (exact) mass is 341 g/mol. The van der Waals surface area contributed by atoms with Gasteiger partial charge < -0.3 is 10.2 Å². The van der Waals surface area contributed by atoms with E-state index < -0.39 is 0 Å². The van der Waals surface area contributed by atoms with Gasteiger partial charge in [-0.3, -0.25) is 9.69 Å². The number of hydrogen-bond acceptors (Lipinski definition) is 3. The van der Waals surface area contributed by atoms with Gasteiger partial charge in [0.25, 0.3) is 0 Å². The third kappa shape index (κ3) is 3.12. The van der Waals surface area contributed by atoms with Crippen LogP contribution in [0, 0.1) is 0 Å². The molecule has 1 amide bonds. The first-order valence-corrected chi connectivity index (χ1v) is 8.69. The molecule has 1 saturated heterocycles. The van der Waals surface area contributed by atoms with Crippen molar-refractivity contribution in [3.8, 4) is 0 Å². The molecule has 124 valence electrons. The first-order valence-electron chi connectivity index (χ1n) is 8.31. The van der Waals surface area contributed by atoms with Gasteiger partial charge >= 0.3 is 0 Å². The predicted octanol–water partition coefficient (Wildman–Crippen LogP) is 3.37. The van der Waals surface area contributed by atoms with Crippen molar-refractivity contribution in [3.05, 3.63) is 59.1 Å². The zero-order chi connectivity index (χ0) is 16.5. The van der Waals surface area contributed by atoms with Crippen molar-refractivity contribution in [1.29, 1.82) is 0 Å². The number of carbonyl (C=O) groups is 1. The number of halogens is 1. The average Bonchev–Trinajstić information content (AvgIpc) is 2.71. The number of carbonyl (C=O) groups excluding carboxylic acids is 1. The second-order valence-electron chi connectivity index (χ2n) is 6.48. The summed E-state index contributed by atoms with van der Waals surface area (Å²) in [6.45, 7) is 3.69. The summed E-state index contributed by atoms with van der Waals surface area (Å²) in [5.41, 5.74) is 3.22. The van der Waals surface area contributed by atoms with Crippen LogP contribution in [0.3, 0.4) is 0 Å². The molecule has 0 aliphatic carbocycles.